The van der Waals surface area contributed by atoms with Crippen molar-refractivity contribution in [2.24, 2.45) is 16.8 Å². The maximum Gasteiger partial charge on any atom is 0.256 e. The summed E-state index contributed by atoms with van der Waals surface area (Å²) in [5.41, 5.74) is 2.12. The first-order valence-electron chi connectivity index (χ1n) is 12.9. The average molecular weight is 483 g/mol. The minimum Gasteiger partial charge on any atom is -0.342 e. The average Bonchev–Trinajstić information content (AvgIpc) is 3.82. The second kappa shape index (κ2) is 7.95. The number of hydrogen-bond acceptors (Lipinski definition) is 4. The van der Waals surface area contributed by atoms with Crippen molar-refractivity contribution >= 4 is 28.6 Å². The van der Waals surface area contributed by atoms with Crippen LogP contribution in [-0.4, -0.2) is 57.6 Å². The fourth-order valence-electron chi connectivity index (χ4n) is 5.61. The van der Waals surface area contributed by atoms with Crippen molar-refractivity contribution in [3.05, 3.63) is 66.1 Å². The first kappa shape index (κ1) is 21.7. The fourth-order valence-corrected chi connectivity index (χ4v) is 5.61. The summed E-state index contributed by atoms with van der Waals surface area (Å²) in [6.45, 7) is 1.88. The van der Waals surface area contributed by atoms with Gasteiger partial charge in [-0.05, 0) is 67.9 Å². The Labute approximate surface area is 208 Å². The van der Waals surface area contributed by atoms with Crippen molar-refractivity contribution in [1.29, 1.82) is 0 Å². The van der Waals surface area contributed by atoms with Crippen LogP contribution in [0.25, 0.3) is 22.0 Å². The van der Waals surface area contributed by atoms with Gasteiger partial charge in [0.1, 0.15) is 17.2 Å². The predicted molar refractivity (Wildman–Crippen MR) is 135 cm³/mol. The summed E-state index contributed by atoms with van der Waals surface area (Å²) in [4.78, 5) is 38.7. The predicted octanol–water partition coefficient (Wildman–Crippen LogP) is 4.42. The Morgan fingerprint density at radius 2 is 1.89 bits per heavy atom. The van der Waals surface area contributed by atoms with Gasteiger partial charge in [-0.25, -0.2) is 4.39 Å². The standard InChI is InChI=1S/C29H27FN4O2/c30-24-14-20(22-13-21-3-1-2-4-25(21)31-15-22)7-8-23(24)26-32-29(10-11-29)28(36)34(26)17-18-9-12-33(16-18)27(35)19-5-6-19/h1-4,7-8,13-15,18-19H,5-6,9-12,16-17H2/t18-/m1/s1. The number of aromatic nitrogens is 1. The normalized spacial score (nSPS) is 22.5. The first-order chi connectivity index (χ1) is 17.5. The van der Waals surface area contributed by atoms with Crippen LogP contribution in [0.5, 0.6) is 0 Å². The third-order valence-corrected chi connectivity index (χ3v) is 8.04. The molecule has 2 aliphatic carbocycles. The van der Waals surface area contributed by atoms with E-state index in [0.29, 0.717) is 37.3 Å². The van der Waals surface area contributed by atoms with E-state index in [9.17, 15) is 9.59 Å². The van der Waals surface area contributed by atoms with Crippen LogP contribution in [-0.2, 0) is 9.59 Å². The Balaban J connectivity index is 1.15. The highest BCUT2D eigenvalue weighted by molar-refractivity contribution is 6.16. The number of carbonyl (C=O) groups excluding carboxylic acids is 2. The number of amidine groups is 1. The van der Waals surface area contributed by atoms with E-state index in [1.807, 2.05) is 41.3 Å². The van der Waals surface area contributed by atoms with Gasteiger partial charge in [-0.1, -0.05) is 24.3 Å². The summed E-state index contributed by atoms with van der Waals surface area (Å²) in [5, 5.41) is 0.998. The van der Waals surface area contributed by atoms with Crippen molar-refractivity contribution in [3.8, 4) is 11.1 Å². The monoisotopic (exact) mass is 482 g/mol. The zero-order chi connectivity index (χ0) is 24.4. The third kappa shape index (κ3) is 3.60. The SMILES string of the molecule is O=C(C1CC1)N1CC[C@@H](CN2C(=O)C3(CC3)N=C2c2ccc(-c3cnc4ccccc4c3)cc2F)C1. The Kier molecular flexibility index (Phi) is 4.78. The number of fused-ring (bicyclic) bond motifs is 1. The molecule has 6 nitrogen and oxygen atoms in total. The first-order valence-corrected chi connectivity index (χ1v) is 12.9. The molecular formula is C29H27FN4O2. The quantitative estimate of drug-likeness (QED) is 0.541. The molecule has 3 fully saturated rings. The Morgan fingerprint density at radius 1 is 1.06 bits per heavy atom. The second-order valence-electron chi connectivity index (χ2n) is 10.7. The molecule has 3 heterocycles. The lowest BCUT2D eigenvalue weighted by Crippen LogP contribution is -2.41. The smallest absolute Gasteiger partial charge is 0.256 e. The summed E-state index contributed by atoms with van der Waals surface area (Å²) in [6, 6.07) is 15.0. The van der Waals surface area contributed by atoms with Crippen LogP contribution in [0.4, 0.5) is 4.39 Å². The van der Waals surface area contributed by atoms with Crippen molar-refractivity contribution in [2.45, 2.75) is 37.6 Å². The molecule has 3 aromatic rings. The molecule has 0 N–H and O–H groups in total. The van der Waals surface area contributed by atoms with Crippen LogP contribution in [0, 0.1) is 17.7 Å². The minimum absolute atomic E-state index is 0.0216. The third-order valence-electron chi connectivity index (χ3n) is 8.04. The van der Waals surface area contributed by atoms with E-state index in [2.05, 4.69) is 4.98 Å². The van der Waals surface area contributed by atoms with E-state index in [1.54, 1.807) is 17.2 Å². The van der Waals surface area contributed by atoms with Gasteiger partial charge in [0, 0.05) is 42.7 Å². The van der Waals surface area contributed by atoms with Crippen LogP contribution in [0.2, 0.25) is 0 Å². The molecular weight excluding hydrogens is 455 g/mol. The maximum absolute atomic E-state index is 15.6. The van der Waals surface area contributed by atoms with Crippen LogP contribution < -0.4 is 0 Å². The molecule has 1 aromatic heterocycles. The topological polar surface area (TPSA) is 65.9 Å². The van der Waals surface area contributed by atoms with Gasteiger partial charge in [-0.3, -0.25) is 24.5 Å². The van der Waals surface area contributed by atoms with Crippen molar-refractivity contribution in [3.63, 3.8) is 0 Å². The number of likely N-dealkylation sites (tertiary alicyclic amines) is 1. The number of amides is 2. The number of rotatable bonds is 5. The fraction of sp³-hybridized carbons (Fsp3) is 0.379. The van der Waals surface area contributed by atoms with Crippen LogP contribution >= 0.6 is 0 Å². The minimum atomic E-state index is -0.704. The van der Waals surface area contributed by atoms with Gasteiger partial charge in [0.25, 0.3) is 5.91 Å². The lowest BCUT2D eigenvalue weighted by molar-refractivity contribution is -0.131. The number of carbonyl (C=O) groups is 2. The summed E-state index contributed by atoms with van der Waals surface area (Å²) in [7, 11) is 0. The lowest BCUT2D eigenvalue weighted by Gasteiger charge is -2.24. The highest BCUT2D eigenvalue weighted by Gasteiger charge is 2.58. The van der Waals surface area contributed by atoms with Gasteiger partial charge in [-0.15, -0.1) is 0 Å². The number of pyridine rings is 1. The number of para-hydroxylation sites is 1. The summed E-state index contributed by atoms with van der Waals surface area (Å²) < 4.78 is 15.6. The van der Waals surface area contributed by atoms with Gasteiger partial charge in [-0.2, -0.15) is 0 Å². The molecule has 0 radical (unpaired) electrons. The van der Waals surface area contributed by atoms with Crippen LogP contribution in [0.3, 0.4) is 0 Å². The van der Waals surface area contributed by atoms with E-state index < -0.39 is 11.4 Å². The van der Waals surface area contributed by atoms with Crippen LogP contribution in [0.15, 0.2) is 59.7 Å². The largest absolute Gasteiger partial charge is 0.342 e. The molecule has 7 heteroatoms. The number of nitrogens with zero attached hydrogens (tertiary/aromatic N) is 4. The highest BCUT2D eigenvalue weighted by atomic mass is 19.1. The summed E-state index contributed by atoms with van der Waals surface area (Å²) in [5.74, 6) is 0.655. The number of benzene rings is 2. The van der Waals surface area contributed by atoms with Crippen molar-refractivity contribution in [2.75, 3.05) is 19.6 Å². The zero-order valence-electron chi connectivity index (χ0n) is 20.0. The van der Waals surface area contributed by atoms with Gasteiger partial charge in [0.15, 0.2) is 0 Å². The molecule has 4 aliphatic rings. The van der Waals surface area contributed by atoms with E-state index in [-0.39, 0.29) is 23.7 Å². The summed E-state index contributed by atoms with van der Waals surface area (Å²) in [6.07, 6.45) is 6.03. The van der Waals surface area contributed by atoms with Crippen LogP contribution in [0.1, 0.15) is 37.7 Å². The van der Waals surface area contributed by atoms with E-state index in [0.717, 1.165) is 47.8 Å². The number of aliphatic imine (C=N–C) groups is 1. The molecule has 0 bridgehead atoms. The highest BCUT2D eigenvalue weighted by Crippen LogP contribution is 2.46. The van der Waals surface area contributed by atoms with E-state index in [1.165, 1.54) is 6.07 Å². The Bertz CT molecular complexity index is 1440. The van der Waals surface area contributed by atoms with Gasteiger partial charge < -0.3 is 4.90 Å². The molecule has 2 amide bonds. The van der Waals surface area contributed by atoms with Crippen molar-refractivity contribution in [1.82, 2.24) is 14.8 Å². The number of hydrogen-bond donors (Lipinski definition) is 0. The molecule has 2 aliphatic heterocycles. The Hall–Kier alpha value is -3.61. The Morgan fingerprint density at radius 3 is 2.67 bits per heavy atom. The van der Waals surface area contributed by atoms with Gasteiger partial charge in [0.05, 0.1) is 11.1 Å². The van der Waals surface area contributed by atoms with Crippen molar-refractivity contribution < 1.29 is 14.0 Å². The second-order valence-corrected chi connectivity index (χ2v) is 10.7. The molecule has 2 saturated carbocycles. The maximum atomic E-state index is 15.6. The lowest BCUT2D eigenvalue weighted by atomic mass is 10.0. The van der Waals surface area contributed by atoms with E-state index >= 15 is 4.39 Å². The molecule has 1 spiro atoms. The molecule has 7 rings (SSSR count). The molecule has 1 saturated heterocycles. The zero-order valence-corrected chi connectivity index (χ0v) is 20.0. The van der Waals surface area contributed by atoms with Gasteiger partial charge >= 0.3 is 0 Å². The molecule has 0 unspecified atom stereocenters. The molecule has 182 valence electrons. The van der Waals surface area contributed by atoms with Gasteiger partial charge in [0.2, 0.25) is 5.91 Å². The summed E-state index contributed by atoms with van der Waals surface area (Å²) >= 11 is 0. The number of halogens is 1. The molecule has 1 atom stereocenters. The van der Waals surface area contributed by atoms with E-state index in [4.69, 9.17) is 4.99 Å². The molecule has 36 heavy (non-hydrogen) atoms. The molecule has 2 aromatic carbocycles.